The SMILES string of the molecule is O=C1c2ccccc2C(=O)N1N=Cc1ccc(OC(F)F)cc1. The Morgan fingerprint density at radius 2 is 1.52 bits per heavy atom. The summed E-state index contributed by atoms with van der Waals surface area (Å²) < 4.78 is 28.3. The molecule has 0 spiro atoms. The molecule has 0 radical (unpaired) electrons. The van der Waals surface area contributed by atoms with Gasteiger partial charge in [-0.1, -0.05) is 12.1 Å². The number of hydrogen-bond acceptors (Lipinski definition) is 4. The van der Waals surface area contributed by atoms with Crippen LogP contribution in [0.5, 0.6) is 5.75 Å². The third kappa shape index (κ3) is 2.94. The summed E-state index contributed by atoms with van der Waals surface area (Å²) in [5, 5.41) is 4.65. The van der Waals surface area contributed by atoms with Crippen LogP contribution >= 0.6 is 0 Å². The molecule has 0 fully saturated rings. The van der Waals surface area contributed by atoms with E-state index in [2.05, 4.69) is 9.84 Å². The number of alkyl halides is 2. The number of benzene rings is 2. The second-order valence-electron chi connectivity index (χ2n) is 4.66. The highest BCUT2D eigenvalue weighted by Gasteiger charge is 2.35. The first kappa shape index (κ1) is 14.8. The lowest BCUT2D eigenvalue weighted by atomic mass is 10.1. The zero-order valence-corrected chi connectivity index (χ0v) is 11.6. The second kappa shape index (κ2) is 5.96. The summed E-state index contributed by atoms with van der Waals surface area (Å²) in [6, 6.07) is 12.1. The van der Waals surface area contributed by atoms with Gasteiger partial charge in [0, 0.05) is 0 Å². The van der Waals surface area contributed by atoms with Crippen LogP contribution in [0, 0.1) is 0 Å². The number of halogens is 2. The number of carbonyl (C=O) groups excluding carboxylic acids is 2. The molecule has 2 aromatic carbocycles. The van der Waals surface area contributed by atoms with Gasteiger partial charge < -0.3 is 4.74 Å². The molecular formula is C16H10F2N2O3. The van der Waals surface area contributed by atoms with Crippen LogP contribution in [0.15, 0.2) is 53.6 Å². The van der Waals surface area contributed by atoms with Gasteiger partial charge in [-0.05, 0) is 42.0 Å². The van der Waals surface area contributed by atoms with Crippen LogP contribution < -0.4 is 4.74 Å². The number of rotatable bonds is 4. The number of fused-ring (bicyclic) bond motifs is 1. The normalized spacial score (nSPS) is 14.0. The second-order valence-corrected chi connectivity index (χ2v) is 4.66. The molecule has 2 amide bonds. The Kier molecular flexibility index (Phi) is 3.84. The first-order valence-corrected chi connectivity index (χ1v) is 6.63. The van der Waals surface area contributed by atoms with Crippen molar-refractivity contribution in [2.24, 2.45) is 5.10 Å². The average molecular weight is 316 g/mol. The fourth-order valence-electron chi connectivity index (χ4n) is 2.14. The van der Waals surface area contributed by atoms with Crippen molar-refractivity contribution in [3.05, 3.63) is 65.2 Å². The summed E-state index contributed by atoms with van der Waals surface area (Å²) in [7, 11) is 0. The van der Waals surface area contributed by atoms with Crippen LogP contribution in [0.3, 0.4) is 0 Å². The molecule has 1 heterocycles. The summed E-state index contributed by atoms with van der Waals surface area (Å²) in [6.07, 6.45) is 1.30. The molecule has 0 unspecified atom stereocenters. The molecule has 7 heteroatoms. The van der Waals surface area contributed by atoms with Crippen LogP contribution in [-0.4, -0.2) is 29.6 Å². The number of imide groups is 1. The molecule has 5 nitrogen and oxygen atoms in total. The molecule has 2 aromatic rings. The van der Waals surface area contributed by atoms with Gasteiger partial charge in [0.2, 0.25) is 0 Å². The molecule has 0 aromatic heterocycles. The van der Waals surface area contributed by atoms with Gasteiger partial charge in [-0.15, -0.1) is 0 Å². The number of nitrogens with zero attached hydrogens (tertiary/aromatic N) is 2. The predicted molar refractivity (Wildman–Crippen MR) is 77.6 cm³/mol. The molecule has 116 valence electrons. The number of carbonyl (C=O) groups is 2. The van der Waals surface area contributed by atoms with Crippen molar-refractivity contribution in [3.8, 4) is 5.75 Å². The Morgan fingerprint density at radius 1 is 0.957 bits per heavy atom. The van der Waals surface area contributed by atoms with Crippen molar-refractivity contribution in [2.75, 3.05) is 0 Å². The predicted octanol–water partition coefficient (Wildman–Crippen LogP) is 2.92. The number of hydrogen-bond donors (Lipinski definition) is 0. The smallest absolute Gasteiger partial charge is 0.387 e. The Morgan fingerprint density at radius 3 is 2.04 bits per heavy atom. The van der Waals surface area contributed by atoms with E-state index in [-0.39, 0.29) is 5.75 Å². The topological polar surface area (TPSA) is 59.0 Å². The van der Waals surface area contributed by atoms with Crippen LogP contribution in [0.4, 0.5) is 8.78 Å². The van der Waals surface area contributed by atoms with Gasteiger partial charge in [0.15, 0.2) is 0 Å². The van der Waals surface area contributed by atoms with Gasteiger partial charge in [0.25, 0.3) is 11.8 Å². The van der Waals surface area contributed by atoms with Gasteiger partial charge in [-0.2, -0.15) is 18.9 Å². The number of amides is 2. The van der Waals surface area contributed by atoms with Gasteiger partial charge in [-0.25, -0.2) is 0 Å². The maximum Gasteiger partial charge on any atom is 0.387 e. The largest absolute Gasteiger partial charge is 0.435 e. The van der Waals surface area contributed by atoms with Crippen molar-refractivity contribution in [1.29, 1.82) is 0 Å². The molecule has 0 N–H and O–H groups in total. The molecule has 0 saturated heterocycles. The van der Waals surface area contributed by atoms with Crippen molar-refractivity contribution < 1.29 is 23.1 Å². The van der Waals surface area contributed by atoms with Crippen molar-refractivity contribution in [1.82, 2.24) is 5.01 Å². The first-order valence-electron chi connectivity index (χ1n) is 6.63. The summed E-state index contributed by atoms with van der Waals surface area (Å²) in [6.45, 7) is -2.90. The van der Waals surface area contributed by atoms with Crippen LogP contribution in [0.2, 0.25) is 0 Å². The van der Waals surface area contributed by atoms with E-state index in [0.29, 0.717) is 16.7 Å². The number of ether oxygens (including phenoxy) is 1. The lowest BCUT2D eigenvalue weighted by Gasteiger charge is -2.06. The highest BCUT2D eigenvalue weighted by Crippen LogP contribution is 2.22. The van der Waals surface area contributed by atoms with Crippen LogP contribution in [0.1, 0.15) is 26.3 Å². The zero-order chi connectivity index (χ0) is 16.4. The monoisotopic (exact) mass is 316 g/mol. The standard InChI is InChI=1S/C16H10F2N2O3/c17-16(18)23-11-7-5-10(6-8-11)9-19-20-14(21)12-3-1-2-4-13(12)15(20)22/h1-9,16H. The highest BCUT2D eigenvalue weighted by molar-refractivity contribution is 6.21. The lowest BCUT2D eigenvalue weighted by Crippen LogP contribution is -2.23. The highest BCUT2D eigenvalue weighted by atomic mass is 19.3. The van der Waals surface area contributed by atoms with E-state index in [9.17, 15) is 18.4 Å². The van der Waals surface area contributed by atoms with E-state index in [1.165, 1.54) is 30.5 Å². The third-order valence-electron chi connectivity index (χ3n) is 3.20. The lowest BCUT2D eigenvalue weighted by molar-refractivity contribution is -0.0498. The fourth-order valence-corrected chi connectivity index (χ4v) is 2.14. The molecule has 0 aliphatic carbocycles. The molecule has 0 saturated carbocycles. The molecule has 0 bridgehead atoms. The van der Waals surface area contributed by atoms with Crippen molar-refractivity contribution in [3.63, 3.8) is 0 Å². The van der Waals surface area contributed by atoms with Crippen LogP contribution in [-0.2, 0) is 0 Å². The van der Waals surface area contributed by atoms with Crippen LogP contribution in [0.25, 0.3) is 0 Å². The Labute approximate surface area is 129 Å². The molecule has 1 aliphatic rings. The molecule has 3 rings (SSSR count). The summed E-state index contributed by atoms with van der Waals surface area (Å²) >= 11 is 0. The van der Waals surface area contributed by atoms with E-state index in [0.717, 1.165) is 5.01 Å². The molecular weight excluding hydrogens is 306 g/mol. The first-order chi connectivity index (χ1) is 11.1. The van der Waals surface area contributed by atoms with E-state index in [4.69, 9.17) is 0 Å². The minimum atomic E-state index is -2.90. The van der Waals surface area contributed by atoms with Gasteiger partial charge in [0.1, 0.15) is 5.75 Å². The Balaban J connectivity index is 1.76. The third-order valence-corrected chi connectivity index (χ3v) is 3.20. The minimum Gasteiger partial charge on any atom is -0.435 e. The molecule has 23 heavy (non-hydrogen) atoms. The Hall–Kier alpha value is -3.09. The van der Waals surface area contributed by atoms with E-state index in [1.54, 1.807) is 24.3 Å². The van der Waals surface area contributed by atoms with E-state index >= 15 is 0 Å². The maximum atomic E-state index is 12.1. The summed E-state index contributed by atoms with van der Waals surface area (Å²) in [5.74, 6) is -0.989. The zero-order valence-electron chi connectivity index (χ0n) is 11.6. The van der Waals surface area contributed by atoms with E-state index < -0.39 is 18.4 Å². The summed E-state index contributed by atoms with van der Waals surface area (Å²) in [5.41, 5.74) is 1.13. The quantitative estimate of drug-likeness (QED) is 0.644. The molecule has 1 aliphatic heterocycles. The Bertz CT molecular complexity index is 753. The average Bonchev–Trinajstić information content (AvgIpc) is 2.78. The fraction of sp³-hybridized carbons (Fsp3) is 0.0625. The van der Waals surface area contributed by atoms with Gasteiger partial charge in [-0.3, -0.25) is 9.59 Å². The van der Waals surface area contributed by atoms with Gasteiger partial charge in [0.05, 0.1) is 17.3 Å². The maximum absolute atomic E-state index is 12.1. The van der Waals surface area contributed by atoms with Gasteiger partial charge >= 0.3 is 6.61 Å². The van der Waals surface area contributed by atoms with Crippen molar-refractivity contribution >= 4 is 18.0 Å². The summed E-state index contributed by atoms with van der Waals surface area (Å²) in [4.78, 5) is 24.2. The minimum absolute atomic E-state index is 0.0119. The van der Waals surface area contributed by atoms with Crippen molar-refractivity contribution in [2.45, 2.75) is 6.61 Å². The molecule has 0 atom stereocenters. The van der Waals surface area contributed by atoms with E-state index in [1.807, 2.05) is 0 Å². The number of hydrazone groups is 1.